The Labute approximate surface area is 137 Å². The maximum Gasteiger partial charge on any atom is 0.191 e. The Morgan fingerprint density at radius 1 is 1.40 bits per heavy atom. The summed E-state index contributed by atoms with van der Waals surface area (Å²) in [4.78, 5) is 4.44. The summed E-state index contributed by atoms with van der Waals surface area (Å²) < 4.78 is 13.0. The van der Waals surface area contributed by atoms with Crippen LogP contribution in [0.4, 0.5) is 4.39 Å². The number of guanidine groups is 1. The number of rotatable bonds is 7. The molecule has 0 aromatic heterocycles. The van der Waals surface area contributed by atoms with E-state index in [1.165, 1.54) is 6.07 Å². The second-order valence-electron chi connectivity index (χ2n) is 4.16. The van der Waals surface area contributed by atoms with E-state index in [-0.39, 0.29) is 29.8 Å². The molecule has 1 rings (SSSR count). The molecule has 0 unspecified atom stereocenters. The molecule has 20 heavy (non-hydrogen) atoms. The molecule has 1 aromatic carbocycles. The Morgan fingerprint density at radius 3 is 2.85 bits per heavy atom. The van der Waals surface area contributed by atoms with E-state index < -0.39 is 0 Å². The summed E-state index contributed by atoms with van der Waals surface area (Å²) in [7, 11) is 0. The summed E-state index contributed by atoms with van der Waals surface area (Å²) in [6.45, 7) is 7.91. The minimum atomic E-state index is -0.179. The third-order valence-corrected chi connectivity index (χ3v) is 2.54. The van der Waals surface area contributed by atoms with Gasteiger partial charge in [0.15, 0.2) is 5.96 Å². The lowest BCUT2D eigenvalue weighted by Gasteiger charge is -2.09. The Bertz CT molecular complexity index is 421. The molecule has 0 aliphatic carbocycles. The van der Waals surface area contributed by atoms with Gasteiger partial charge in [0, 0.05) is 19.6 Å². The molecular formula is C15H23FIN3. The molecule has 0 fully saturated rings. The van der Waals surface area contributed by atoms with Gasteiger partial charge in [-0.15, -0.1) is 30.6 Å². The number of aryl methyl sites for hydroxylation is 1. The fraction of sp³-hybridized carbons (Fsp3) is 0.400. The molecule has 1 aromatic rings. The standard InChI is InChI=1S/C15H22FN3.HI/c1-3-10-18-15(17-4-2)19-11-6-8-13-7-5-9-14(16)12-13;/h3,5,7,9,12H,1,4,6,8,10-11H2,2H3,(H2,17,18,19);1H. The zero-order chi connectivity index (χ0) is 13.9. The van der Waals surface area contributed by atoms with E-state index in [1.807, 2.05) is 13.0 Å². The first kappa shape index (κ1) is 18.9. The average molecular weight is 391 g/mol. The van der Waals surface area contributed by atoms with Gasteiger partial charge in [-0.05, 0) is 37.5 Å². The molecule has 2 N–H and O–H groups in total. The number of hydrogen-bond acceptors (Lipinski definition) is 1. The summed E-state index contributed by atoms with van der Waals surface area (Å²) in [6, 6.07) is 6.71. The molecule has 0 saturated carbocycles. The van der Waals surface area contributed by atoms with E-state index >= 15 is 0 Å². The van der Waals surface area contributed by atoms with Crippen molar-refractivity contribution in [2.75, 3.05) is 19.6 Å². The van der Waals surface area contributed by atoms with Gasteiger partial charge in [-0.25, -0.2) is 4.39 Å². The van der Waals surface area contributed by atoms with Crippen LogP contribution in [0.5, 0.6) is 0 Å². The van der Waals surface area contributed by atoms with Gasteiger partial charge in [0.05, 0.1) is 0 Å². The fourth-order valence-electron chi connectivity index (χ4n) is 1.68. The molecule has 5 heteroatoms. The van der Waals surface area contributed by atoms with Crippen molar-refractivity contribution in [2.24, 2.45) is 4.99 Å². The van der Waals surface area contributed by atoms with Crippen LogP contribution in [0.25, 0.3) is 0 Å². The number of halogens is 2. The molecule has 0 aliphatic heterocycles. The lowest BCUT2D eigenvalue weighted by Crippen LogP contribution is -2.37. The van der Waals surface area contributed by atoms with E-state index in [9.17, 15) is 4.39 Å². The van der Waals surface area contributed by atoms with E-state index in [0.29, 0.717) is 13.1 Å². The normalized spacial score (nSPS) is 10.6. The molecule has 0 heterocycles. The summed E-state index contributed by atoms with van der Waals surface area (Å²) in [6.07, 6.45) is 3.52. The highest BCUT2D eigenvalue weighted by Crippen LogP contribution is 2.05. The van der Waals surface area contributed by atoms with Crippen LogP contribution < -0.4 is 10.6 Å². The molecule has 3 nitrogen and oxygen atoms in total. The summed E-state index contributed by atoms with van der Waals surface area (Å²) >= 11 is 0. The lowest BCUT2D eigenvalue weighted by atomic mass is 10.1. The predicted octanol–water partition coefficient (Wildman–Crippen LogP) is 3.12. The van der Waals surface area contributed by atoms with Gasteiger partial charge in [0.2, 0.25) is 0 Å². The topological polar surface area (TPSA) is 36.4 Å². The monoisotopic (exact) mass is 391 g/mol. The van der Waals surface area contributed by atoms with Crippen molar-refractivity contribution in [3.63, 3.8) is 0 Å². The predicted molar refractivity (Wildman–Crippen MR) is 94.3 cm³/mol. The third-order valence-electron chi connectivity index (χ3n) is 2.54. The largest absolute Gasteiger partial charge is 0.357 e. The number of aliphatic imine (C=N–C) groups is 1. The van der Waals surface area contributed by atoms with Crippen LogP contribution in [-0.2, 0) is 6.42 Å². The summed E-state index contributed by atoms with van der Waals surface area (Å²) in [5, 5.41) is 6.30. The number of nitrogens with zero attached hydrogens (tertiary/aromatic N) is 1. The van der Waals surface area contributed by atoms with Crippen LogP contribution in [-0.4, -0.2) is 25.6 Å². The van der Waals surface area contributed by atoms with Crippen LogP contribution in [0, 0.1) is 5.82 Å². The van der Waals surface area contributed by atoms with E-state index in [1.54, 1.807) is 18.2 Å². The molecule has 112 valence electrons. The zero-order valence-electron chi connectivity index (χ0n) is 11.9. The Balaban J connectivity index is 0.00000361. The van der Waals surface area contributed by atoms with Gasteiger partial charge in [0.1, 0.15) is 5.82 Å². The molecule has 0 aliphatic rings. The first-order chi connectivity index (χ1) is 9.26. The quantitative estimate of drug-likeness (QED) is 0.246. The molecule has 0 atom stereocenters. The maximum atomic E-state index is 13.0. The molecule has 0 amide bonds. The van der Waals surface area contributed by atoms with Crippen molar-refractivity contribution in [3.05, 3.63) is 48.3 Å². The molecular weight excluding hydrogens is 368 g/mol. The van der Waals surface area contributed by atoms with Crippen molar-refractivity contribution in [1.29, 1.82) is 0 Å². The van der Waals surface area contributed by atoms with E-state index in [2.05, 4.69) is 22.2 Å². The van der Waals surface area contributed by atoms with Crippen LogP contribution in [0.15, 0.2) is 41.9 Å². The van der Waals surface area contributed by atoms with Crippen LogP contribution in [0.3, 0.4) is 0 Å². The van der Waals surface area contributed by atoms with Crippen molar-refractivity contribution in [3.8, 4) is 0 Å². The third kappa shape index (κ3) is 8.14. The lowest BCUT2D eigenvalue weighted by molar-refractivity contribution is 0.624. The van der Waals surface area contributed by atoms with Gasteiger partial charge in [-0.2, -0.15) is 0 Å². The van der Waals surface area contributed by atoms with Crippen molar-refractivity contribution in [2.45, 2.75) is 19.8 Å². The Hall–Kier alpha value is -1.11. The van der Waals surface area contributed by atoms with E-state index in [0.717, 1.165) is 30.9 Å². The highest BCUT2D eigenvalue weighted by atomic mass is 127. The maximum absolute atomic E-state index is 13.0. The van der Waals surface area contributed by atoms with Crippen LogP contribution in [0.2, 0.25) is 0 Å². The second-order valence-corrected chi connectivity index (χ2v) is 4.16. The average Bonchev–Trinajstić information content (AvgIpc) is 2.41. The highest BCUT2D eigenvalue weighted by molar-refractivity contribution is 14.0. The number of hydrogen-bond donors (Lipinski definition) is 2. The molecule has 0 radical (unpaired) electrons. The minimum Gasteiger partial charge on any atom is -0.357 e. The second kappa shape index (κ2) is 11.7. The summed E-state index contributed by atoms with van der Waals surface area (Å²) in [5.41, 5.74) is 1.01. The SMILES string of the molecule is C=CCNC(=NCCCc1cccc(F)c1)NCC.I. The number of benzene rings is 1. The van der Waals surface area contributed by atoms with Crippen molar-refractivity contribution in [1.82, 2.24) is 10.6 Å². The number of nitrogens with one attached hydrogen (secondary N) is 2. The van der Waals surface area contributed by atoms with Crippen LogP contribution >= 0.6 is 24.0 Å². The van der Waals surface area contributed by atoms with Gasteiger partial charge >= 0.3 is 0 Å². The summed E-state index contributed by atoms with van der Waals surface area (Å²) in [5.74, 6) is 0.614. The van der Waals surface area contributed by atoms with Gasteiger partial charge < -0.3 is 10.6 Å². The molecule has 0 bridgehead atoms. The smallest absolute Gasteiger partial charge is 0.191 e. The minimum absolute atomic E-state index is 0. The Morgan fingerprint density at radius 2 is 2.20 bits per heavy atom. The van der Waals surface area contributed by atoms with Gasteiger partial charge in [0.25, 0.3) is 0 Å². The molecule has 0 spiro atoms. The first-order valence-corrected chi connectivity index (χ1v) is 6.63. The van der Waals surface area contributed by atoms with Gasteiger partial charge in [-0.3, -0.25) is 4.99 Å². The van der Waals surface area contributed by atoms with Crippen LogP contribution in [0.1, 0.15) is 18.9 Å². The Kier molecular flexibility index (Phi) is 11.0. The van der Waals surface area contributed by atoms with Crippen molar-refractivity contribution < 1.29 is 4.39 Å². The van der Waals surface area contributed by atoms with Crippen molar-refractivity contribution >= 4 is 29.9 Å². The molecule has 0 saturated heterocycles. The van der Waals surface area contributed by atoms with E-state index in [4.69, 9.17) is 0 Å². The van der Waals surface area contributed by atoms with Gasteiger partial charge in [-0.1, -0.05) is 18.2 Å². The zero-order valence-corrected chi connectivity index (χ0v) is 14.2. The fourth-order valence-corrected chi connectivity index (χ4v) is 1.68. The first-order valence-electron chi connectivity index (χ1n) is 6.63. The highest BCUT2D eigenvalue weighted by Gasteiger charge is 1.97.